The maximum Gasteiger partial charge on any atom is 0.486 e. The standard InChI is InChI=1S/C37H25F9O5S3/c38-34(39,36(42,43)44)35(40,41)37(45,46)54(49,50)51-53(28-13-3-1-4-14-28,29-15-5-2-6-16-29)30-21-19-27(20-22-30)52(47,48)24-33-31-17-9-7-11-25(31)23-26-12-8-10-18-32(26)33/h1-23H,24H2/p+1. The van der Waals surface area contributed by atoms with E-state index in [1.165, 1.54) is 36.4 Å². The van der Waals surface area contributed by atoms with Crippen LogP contribution in [0.1, 0.15) is 5.56 Å². The molecule has 284 valence electrons. The molecular formula is C37H26F9O5S3+. The smallest absolute Gasteiger partial charge is 0.257 e. The third kappa shape index (κ3) is 6.39. The minimum Gasteiger partial charge on any atom is -0.257 e. The predicted octanol–water partition coefficient (Wildman–Crippen LogP) is 11.0. The van der Waals surface area contributed by atoms with Crippen LogP contribution in [0.25, 0.3) is 21.5 Å². The van der Waals surface area contributed by atoms with Gasteiger partial charge in [0.2, 0.25) is 0 Å². The molecule has 0 aliphatic carbocycles. The van der Waals surface area contributed by atoms with E-state index in [4.69, 9.17) is 0 Å². The second kappa shape index (κ2) is 13.6. The third-order valence-electron chi connectivity index (χ3n) is 8.56. The second-order valence-corrected chi connectivity index (χ2v) is 18.6. The highest BCUT2D eigenvalue weighted by Gasteiger charge is 2.88. The summed E-state index contributed by atoms with van der Waals surface area (Å²) in [6.07, 6.45) is -7.28. The van der Waals surface area contributed by atoms with Gasteiger partial charge in [0.15, 0.2) is 9.84 Å². The van der Waals surface area contributed by atoms with Crippen molar-refractivity contribution in [3.05, 3.63) is 145 Å². The Morgan fingerprint density at radius 2 is 0.852 bits per heavy atom. The fourth-order valence-corrected chi connectivity index (χ4v) is 12.8. The molecule has 0 spiro atoms. The van der Waals surface area contributed by atoms with Crippen LogP contribution < -0.4 is 0 Å². The Balaban J connectivity index is 1.51. The first kappa shape index (κ1) is 39.1. The summed E-state index contributed by atoms with van der Waals surface area (Å²) in [6, 6.07) is 32.7. The molecule has 0 atom stereocenters. The summed E-state index contributed by atoms with van der Waals surface area (Å²) in [5.74, 6) is -15.6. The fourth-order valence-electron chi connectivity index (χ4n) is 5.87. The van der Waals surface area contributed by atoms with Crippen molar-refractivity contribution in [3.8, 4) is 0 Å². The van der Waals surface area contributed by atoms with Gasteiger partial charge >= 0.3 is 33.4 Å². The number of hydrogen-bond donors (Lipinski definition) is 0. The summed E-state index contributed by atoms with van der Waals surface area (Å²) in [5.41, 5.74) is 0.459. The van der Waals surface area contributed by atoms with E-state index in [0.717, 1.165) is 59.3 Å². The van der Waals surface area contributed by atoms with Gasteiger partial charge in [-0.15, -0.1) is 8.42 Å². The van der Waals surface area contributed by atoms with Crippen molar-refractivity contribution in [2.24, 2.45) is 0 Å². The molecule has 0 aliphatic rings. The normalized spacial score (nSPS) is 14.0. The molecule has 0 radical (unpaired) electrons. The van der Waals surface area contributed by atoms with E-state index >= 15 is 8.78 Å². The van der Waals surface area contributed by atoms with Gasteiger partial charge in [-0.25, -0.2) is 8.42 Å². The highest BCUT2D eigenvalue weighted by molar-refractivity contribution is 8.32. The Morgan fingerprint density at radius 3 is 1.30 bits per heavy atom. The molecule has 6 aromatic carbocycles. The monoisotopic (exact) mass is 817 g/mol. The zero-order valence-electron chi connectivity index (χ0n) is 27.2. The maximum atomic E-state index is 15.3. The first-order valence-corrected chi connectivity index (χ1v) is 20.2. The maximum absolute atomic E-state index is 15.3. The Hall–Kier alpha value is -4.58. The van der Waals surface area contributed by atoms with Gasteiger partial charge in [0.1, 0.15) is 0 Å². The molecule has 0 bridgehead atoms. The molecule has 0 saturated carbocycles. The number of rotatable bonds is 11. The van der Waals surface area contributed by atoms with Crippen molar-refractivity contribution < 1.29 is 60.0 Å². The van der Waals surface area contributed by atoms with Gasteiger partial charge in [0.25, 0.3) is 0 Å². The zero-order chi connectivity index (χ0) is 39.4. The summed E-state index contributed by atoms with van der Waals surface area (Å²) >= 11 is 0. The van der Waals surface area contributed by atoms with Crippen molar-refractivity contribution in [2.75, 3.05) is 0 Å². The van der Waals surface area contributed by atoms with Crippen molar-refractivity contribution >= 4 is 51.8 Å². The van der Waals surface area contributed by atoms with E-state index < -0.39 is 59.3 Å². The summed E-state index contributed by atoms with van der Waals surface area (Å²) in [5, 5.41) is -4.30. The van der Waals surface area contributed by atoms with Gasteiger partial charge in [0.05, 0.1) is 35.6 Å². The Morgan fingerprint density at radius 1 is 0.463 bits per heavy atom. The molecule has 0 fully saturated rings. The number of benzene rings is 6. The van der Waals surface area contributed by atoms with Crippen LogP contribution in [-0.2, 0) is 25.7 Å². The average Bonchev–Trinajstić information content (AvgIpc) is 3.14. The average molecular weight is 818 g/mol. The summed E-state index contributed by atoms with van der Waals surface area (Å²) < 4.78 is 184. The molecule has 17 heteroatoms. The van der Waals surface area contributed by atoms with Crippen molar-refractivity contribution in [3.63, 3.8) is 0 Å². The van der Waals surface area contributed by atoms with Crippen LogP contribution in [0.5, 0.6) is 0 Å². The summed E-state index contributed by atoms with van der Waals surface area (Å²) in [6.45, 7) is 0. The lowest BCUT2D eigenvalue weighted by molar-refractivity contribution is -0.382. The molecule has 0 aromatic heterocycles. The van der Waals surface area contributed by atoms with E-state index in [-0.39, 0.29) is 19.6 Å². The van der Waals surface area contributed by atoms with Gasteiger partial charge in [0, 0.05) is 0 Å². The lowest BCUT2D eigenvalue weighted by atomic mass is 9.98. The predicted molar refractivity (Wildman–Crippen MR) is 187 cm³/mol. The SMILES string of the molecule is O=S(=O)(Cc1c2ccccc2cc2ccccc12)c1ccc(S([OH+]S(=O)(=O)C(F)(F)C(F)(F)C(F)(F)C(F)(F)F)(c2ccccc2)c2ccccc2)cc1. The van der Waals surface area contributed by atoms with Gasteiger partial charge in [-0.1, -0.05) is 84.9 Å². The molecular weight excluding hydrogens is 792 g/mol. The van der Waals surface area contributed by atoms with Crippen LogP contribution >= 0.6 is 10.3 Å². The molecule has 1 N–H and O–H groups in total. The van der Waals surface area contributed by atoms with Crippen LogP contribution in [0.4, 0.5) is 39.5 Å². The first-order valence-electron chi connectivity index (χ1n) is 15.5. The molecule has 0 amide bonds. The fraction of sp³-hybridized carbons (Fsp3) is 0.135. The van der Waals surface area contributed by atoms with Crippen molar-refractivity contribution in [2.45, 2.75) is 48.6 Å². The number of hydrogen-bond acceptors (Lipinski definition) is 4. The molecule has 0 heterocycles. The van der Waals surface area contributed by atoms with E-state index in [0.29, 0.717) is 16.3 Å². The molecule has 6 rings (SSSR count). The third-order valence-corrected chi connectivity index (χ3v) is 15.7. The van der Waals surface area contributed by atoms with Crippen LogP contribution in [0.3, 0.4) is 0 Å². The summed E-state index contributed by atoms with van der Waals surface area (Å²) in [7, 11) is -15.7. The highest BCUT2D eigenvalue weighted by Crippen LogP contribution is 2.69. The number of halogens is 9. The molecule has 0 saturated heterocycles. The lowest BCUT2D eigenvalue weighted by Gasteiger charge is -2.37. The van der Waals surface area contributed by atoms with E-state index in [2.05, 4.69) is 3.63 Å². The van der Waals surface area contributed by atoms with Crippen LogP contribution in [0.2, 0.25) is 0 Å². The van der Waals surface area contributed by atoms with E-state index in [1.54, 1.807) is 36.4 Å². The second-order valence-electron chi connectivity index (χ2n) is 11.9. The first-order chi connectivity index (χ1) is 25.2. The Kier molecular flexibility index (Phi) is 9.87. The summed E-state index contributed by atoms with van der Waals surface area (Å²) in [4.78, 5) is -1.19. The Labute approximate surface area is 304 Å². The van der Waals surface area contributed by atoms with E-state index in [9.17, 15) is 47.6 Å². The van der Waals surface area contributed by atoms with Crippen molar-refractivity contribution in [1.82, 2.24) is 0 Å². The van der Waals surface area contributed by atoms with Crippen LogP contribution in [0, 0.1) is 0 Å². The van der Waals surface area contributed by atoms with Gasteiger partial charge in [-0.05, 0) is 81.7 Å². The number of alkyl halides is 9. The molecule has 5 nitrogen and oxygen atoms in total. The molecule has 6 aromatic rings. The molecule has 54 heavy (non-hydrogen) atoms. The van der Waals surface area contributed by atoms with E-state index in [1.807, 2.05) is 18.2 Å². The topological polar surface area (TPSA) is 81.1 Å². The number of sulfone groups is 1. The van der Waals surface area contributed by atoms with Gasteiger partial charge in [-0.2, -0.15) is 39.5 Å². The van der Waals surface area contributed by atoms with Gasteiger partial charge < -0.3 is 0 Å². The lowest BCUT2D eigenvalue weighted by Crippen LogP contribution is -2.63. The van der Waals surface area contributed by atoms with Crippen LogP contribution in [0.15, 0.2) is 159 Å². The minimum atomic E-state index is -7.52. The quantitative estimate of drug-likeness (QED) is 0.0564. The van der Waals surface area contributed by atoms with Gasteiger partial charge in [-0.3, -0.25) is 3.63 Å². The molecule has 0 aliphatic heterocycles. The number of fused-ring (bicyclic) bond motifs is 2. The Bertz CT molecular complexity index is 2450. The van der Waals surface area contributed by atoms with Crippen LogP contribution in [-0.4, -0.2) is 43.7 Å². The zero-order valence-corrected chi connectivity index (χ0v) is 29.6. The van der Waals surface area contributed by atoms with Crippen molar-refractivity contribution in [1.29, 1.82) is 0 Å². The largest absolute Gasteiger partial charge is 0.486 e. The molecule has 0 unspecified atom stereocenters. The highest BCUT2D eigenvalue weighted by atomic mass is 32.3. The minimum absolute atomic E-state index is 0.251.